The van der Waals surface area contributed by atoms with E-state index in [1.807, 2.05) is 18.2 Å². The number of carbonyl (C=O) groups is 1. The number of nitrogens with zero attached hydrogens (tertiary/aromatic N) is 2. The number of carboxylic acids is 1. The van der Waals surface area contributed by atoms with E-state index in [1.165, 1.54) is 17.5 Å². The molecule has 2 unspecified atom stereocenters. The van der Waals surface area contributed by atoms with Crippen molar-refractivity contribution < 1.29 is 19.4 Å². The van der Waals surface area contributed by atoms with E-state index in [1.54, 1.807) is 0 Å². The molecule has 3 aliphatic heterocycles. The number of unbranched alkanes of at least 4 members (excludes halogenated alkanes) is 1. The third-order valence-corrected chi connectivity index (χ3v) is 7.86. The molecule has 0 bridgehead atoms. The number of anilines is 1. The molecule has 7 heteroatoms. The molecule has 0 spiro atoms. The maximum Gasteiger partial charge on any atom is 0.325 e. The maximum atomic E-state index is 12.4. The van der Waals surface area contributed by atoms with Crippen molar-refractivity contribution in [2.24, 2.45) is 0 Å². The first-order valence-electron chi connectivity index (χ1n) is 13.7. The Bertz CT molecular complexity index is 1020. The van der Waals surface area contributed by atoms with E-state index < -0.39 is 12.0 Å². The van der Waals surface area contributed by atoms with Crippen LogP contribution in [0.15, 0.2) is 36.4 Å². The lowest BCUT2D eigenvalue weighted by Crippen LogP contribution is -2.34. The summed E-state index contributed by atoms with van der Waals surface area (Å²) in [5, 5.41) is 13.6. The van der Waals surface area contributed by atoms with Gasteiger partial charge in [-0.3, -0.25) is 9.69 Å². The highest BCUT2D eigenvalue weighted by atomic mass is 16.5. The fourth-order valence-electron chi connectivity index (χ4n) is 5.92. The van der Waals surface area contributed by atoms with Gasteiger partial charge in [0.25, 0.3) is 0 Å². The molecule has 5 rings (SSSR count). The van der Waals surface area contributed by atoms with Crippen LogP contribution in [0.2, 0.25) is 0 Å². The lowest BCUT2D eigenvalue weighted by Gasteiger charge is -2.30. The van der Waals surface area contributed by atoms with Gasteiger partial charge in [-0.15, -0.1) is 0 Å². The average Bonchev–Trinajstić information content (AvgIpc) is 3.37. The van der Waals surface area contributed by atoms with Gasteiger partial charge in [-0.05, 0) is 80.0 Å². The minimum Gasteiger partial charge on any atom is -0.480 e. The molecule has 36 heavy (non-hydrogen) atoms. The summed E-state index contributed by atoms with van der Waals surface area (Å²) in [6.07, 6.45) is 8.15. The minimum atomic E-state index is -0.776. The number of benzene rings is 1. The first-order chi connectivity index (χ1) is 17.7. The lowest BCUT2D eigenvalue weighted by atomic mass is 9.85. The van der Waals surface area contributed by atoms with Crippen LogP contribution in [-0.4, -0.2) is 66.5 Å². The quantitative estimate of drug-likeness (QED) is 0.469. The van der Waals surface area contributed by atoms with Crippen LogP contribution in [0.25, 0.3) is 0 Å². The van der Waals surface area contributed by atoms with Gasteiger partial charge >= 0.3 is 5.97 Å². The molecule has 2 aromatic rings. The molecule has 1 aromatic heterocycles. The number of hydrogen-bond acceptors (Lipinski definition) is 6. The summed E-state index contributed by atoms with van der Waals surface area (Å²) >= 11 is 0. The van der Waals surface area contributed by atoms with Gasteiger partial charge in [0.15, 0.2) is 0 Å². The summed E-state index contributed by atoms with van der Waals surface area (Å²) in [7, 11) is 0. The van der Waals surface area contributed by atoms with Crippen LogP contribution in [0, 0.1) is 0 Å². The average molecular weight is 494 g/mol. The second-order valence-corrected chi connectivity index (χ2v) is 10.3. The Kier molecular flexibility index (Phi) is 8.51. The molecule has 2 saturated heterocycles. The highest BCUT2D eigenvalue weighted by molar-refractivity contribution is 5.76. The lowest BCUT2D eigenvalue weighted by molar-refractivity contribution is -0.143. The predicted octanol–water partition coefficient (Wildman–Crippen LogP) is 4.57. The Morgan fingerprint density at radius 3 is 2.89 bits per heavy atom. The Labute approximate surface area is 214 Å². The molecule has 0 saturated carbocycles. The van der Waals surface area contributed by atoms with Gasteiger partial charge in [-0.25, -0.2) is 4.98 Å². The van der Waals surface area contributed by atoms with Gasteiger partial charge in [0.2, 0.25) is 0 Å². The van der Waals surface area contributed by atoms with E-state index in [0.29, 0.717) is 19.1 Å². The van der Waals surface area contributed by atoms with Gasteiger partial charge in [0.1, 0.15) is 11.9 Å². The number of aryl methyl sites for hydroxylation is 2. The number of nitrogens with one attached hydrogen (secondary N) is 1. The molecule has 0 amide bonds. The summed E-state index contributed by atoms with van der Waals surface area (Å²) in [6, 6.07) is 11.9. The monoisotopic (exact) mass is 493 g/mol. The standard InChI is InChI=1S/C29H39N3O4/c33-29(34)27(26-9-2-1-8-25(26)21-13-18-35-19-14-21)32-16-12-24(20-32)36-17-4-3-7-23-11-10-22-6-5-15-30-28(22)31-23/h1-2,8-11,21,24,27H,3-7,12-20H2,(H,30,31)(H,33,34). The molecule has 0 aliphatic carbocycles. The molecule has 194 valence electrons. The SMILES string of the molecule is O=C(O)C(c1ccccc1C1CCOCC1)N1CCC(OCCCCc2ccc3c(n2)NCCC3)C1. The van der Waals surface area contributed by atoms with Gasteiger partial charge in [0.05, 0.1) is 6.10 Å². The van der Waals surface area contributed by atoms with Crippen molar-refractivity contribution in [1.29, 1.82) is 0 Å². The normalized spacial score (nSPS) is 21.6. The summed E-state index contributed by atoms with van der Waals surface area (Å²) in [5.74, 6) is 0.654. The van der Waals surface area contributed by atoms with Crippen LogP contribution in [0.4, 0.5) is 5.82 Å². The van der Waals surface area contributed by atoms with Crippen molar-refractivity contribution in [2.75, 3.05) is 44.8 Å². The zero-order chi connectivity index (χ0) is 24.7. The minimum absolute atomic E-state index is 0.0909. The summed E-state index contributed by atoms with van der Waals surface area (Å²) in [6.45, 7) is 4.62. The highest BCUT2D eigenvalue weighted by Crippen LogP contribution is 2.36. The highest BCUT2D eigenvalue weighted by Gasteiger charge is 2.36. The van der Waals surface area contributed by atoms with Crippen LogP contribution in [0.3, 0.4) is 0 Å². The Morgan fingerprint density at radius 2 is 2.03 bits per heavy atom. The number of pyridine rings is 1. The number of carboxylic acid groups (broad SMARTS) is 1. The summed E-state index contributed by atoms with van der Waals surface area (Å²) < 4.78 is 11.7. The van der Waals surface area contributed by atoms with Crippen LogP contribution >= 0.6 is 0 Å². The first kappa shape index (κ1) is 25.2. The van der Waals surface area contributed by atoms with E-state index in [0.717, 1.165) is 88.3 Å². The molecule has 7 nitrogen and oxygen atoms in total. The molecule has 3 aliphatic rings. The van der Waals surface area contributed by atoms with Gasteiger partial charge < -0.3 is 19.9 Å². The zero-order valence-corrected chi connectivity index (χ0v) is 21.2. The first-order valence-corrected chi connectivity index (χ1v) is 13.7. The molecule has 2 atom stereocenters. The van der Waals surface area contributed by atoms with E-state index in [2.05, 4.69) is 28.4 Å². The van der Waals surface area contributed by atoms with E-state index in [-0.39, 0.29) is 6.10 Å². The molecule has 2 N–H and O–H groups in total. The van der Waals surface area contributed by atoms with Gasteiger partial charge in [0, 0.05) is 45.1 Å². The molecular weight excluding hydrogens is 454 g/mol. The largest absolute Gasteiger partial charge is 0.480 e. The zero-order valence-electron chi connectivity index (χ0n) is 21.2. The number of ether oxygens (including phenoxy) is 2. The van der Waals surface area contributed by atoms with Gasteiger partial charge in [-0.1, -0.05) is 30.3 Å². The van der Waals surface area contributed by atoms with Crippen molar-refractivity contribution in [3.63, 3.8) is 0 Å². The molecule has 2 fully saturated rings. The third-order valence-electron chi connectivity index (χ3n) is 7.86. The van der Waals surface area contributed by atoms with Crippen molar-refractivity contribution >= 4 is 11.8 Å². The smallest absolute Gasteiger partial charge is 0.325 e. The van der Waals surface area contributed by atoms with Crippen LogP contribution in [0.1, 0.15) is 72.9 Å². The number of aliphatic carboxylic acids is 1. The van der Waals surface area contributed by atoms with E-state index in [4.69, 9.17) is 14.5 Å². The number of aromatic nitrogens is 1. The fraction of sp³-hybridized carbons (Fsp3) is 0.586. The second-order valence-electron chi connectivity index (χ2n) is 10.3. The molecule has 4 heterocycles. The fourth-order valence-corrected chi connectivity index (χ4v) is 5.92. The van der Waals surface area contributed by atoms with E-state index >= 15 is 0 Å². The number of hydrogen-bond donors (Lipinski definition) is 2. The van der Waals surface area contributed by atoms with Crippen LogP contribution in [0.5, 0.6) is 0 Å². The maximum absolute atomic E-state index is 12.4. The van der Waals surface area contributed by atoms with Crippen LogP contribution < -0.4 is 5.32 Å². The predicted molar refractivity (Wildman–Crippen MR) is 140 cm³/mol. The number of fused-ring (bicyclic) bond motifs is 1. The van der Waals surface area contributed by atoms with Crippen molar-refractivity contribution in [3.8, 4) is 0 Å². The third kappa shape index (κ3) is 6.07. The Morgan fingerprint density at radius 1 is 1.17 bits per heavy atom. The van der Waals surface area contributed by atoms with E-state index in [9.17, 15) is 9.90 Å². The Balaban J connectivity index is 1.11. The molecule has 0 radical (unpaired) electrons. The van der Waals surface area contributed by atoms with Crippen molar-refractivity contribution in [1.82, 2.24) is 9.88 Å². The van der Waals surface area contributed by atoms with Crippen molar-refractivity contribution in [2.45, 2.75) is 69.4 Å². The van der Waals surface area contributed by atoms with Crippen LogP contribution in [-0.2, 0) is 27.1 Å². The second kappa shape index (κ2) is 12.2. The number of likely N-dealkylation sites (tertiary alicyclic amines) is 1. The summed E-state index contributed by atoms with van der Waals surface area (Å²) in [4.78, 5) is 19.3. The van der Waals surface area contributed by atoms with Crippen molar-refractivity contribution in [3.05, 3.63) is 58.8 Å². The molecular formula is C29H39N3O4. The topological polar surface area (TPSA) is 83.9 Å². The summed E-state index contributed by atoms with van der Waals surface area (Å²) in [5.41, 5.74) is 4.57. The number of rotatable bonds is 10. The molecule has 1 aromatic carbocycles. The van der Waals surface area contributed by atoms with Gasteiger partial charge in [-0.2, -0.15) is 0 Å². The Hall–Kier alpha value is -2.48.